The SMILES string of the molecule is COc1c(N2CC(OC)(C(F)(F)F)C[C@H]2C(=O)Nc2cn[nH]c(=O)c2)ccc(F)c1F. The second-order valence-corrected chi connectivity index (χ2v) is 6.78. The van der Waals surface area contributed by atoms with E-state index in [1.165, 1.54) is 0 Å². The molecule has 2 atom stereocenters. The number of nitrogens with one attached hydrogen (secondary N) is 2. The number of methoxy groups -OCH3 is 2. The van der Waals surface area contributed by atoms with Crippen LogP contribution in [0.2, 0.25) is 0 Å². The van der Waals surface area contributed by atoms with Crippen molar-refractivity contribution in [3.05, 3.63) is 46.4 Å². The summed E-state index contributed by atoms with van der Waals surface area (Å²) in [5.41, 5.74) is -3.75. The largest absolute Gasteiger partial charge is 0.491 e. The first-order chi connectivity index (χ1) is 14.5. The molecule has 2 heterocycles. The first kappa shape index (κ1) is 22.5. The normalized spacial score (nSPS) is 21.3. The summed E-state index contributed by atoms with van der Waals surface area (Å²) < 4.78 is 79.0. The monoisotopic (exact) mass is 448 g/mol. The predicted octanol–water partition coefficient (Wildman–Crippen LogP) is 2.22. The Morgan fingerprint density at radius 2 is 2.03 bits per heavy atom. The average Bonchev–Trinajstić information content (AvgIpc) is 3.11. The predicted molar refractivity (Wildman–Crippen MR) is 97.9 cm³/mol. The number of hydrogen-bond acceptors (Lipinski definition) is 6. The van der Waals surface area contributed by atoms with E-state index in [4.69, 9.17) is 9.47 Å². The molecule has 2 aromatic rings. The van der Waals surface area contributed by atoms with Crippen molar-refractivity contribution in [1.29, 1.82) is 0 Å². The van der Waals surface area contributed by atoms with Gasteiger partial charge in [0.05, 0.1) is 31.2 Å². The standard InChI is InChI=1S/C18H17F5N4O4/c1-30-15-11(4-3-10(19)14(15)20)27-8-17(31-2,18(21,22)23)6-12(27)16(29)25-9-5-13(28)26-24-7-9/h3-5,7,12H,6,8H2,1-2H3,(H2,25,26,28,29)/t12-,17?/m0/s1. The minimum atomic E-state index is -4.88. The topological polar surface area (TPSA) is 96.6 Å². The maximum atomic E-state index is 14.2. The molecule has 3 rings (SSSR count). The number of nitrogens with zero attached hydrogens (tertiary/aromatic N) is 2. The molecule has 0 aliphatic carbocycles. The van der Waals surface area contributed by atoms with Crippen molar-refractivity contribution in [1.82, 2.24) is 10.2 Å². The number of aromatic amines is 1. The molecule has 8 nitrogen and oxygen atoms in total. The van der Waals surface area contributed by atoms with Gasteiger partial charge in [0.1, 0.15) is 6.04 Å². The Balaban J connectivity index is 2.06. The van der Waals surface area contributed by atoms with E-state index in [1.807, 2.05) is 0 Å². The third-order valence-electron chi connectivity index (χ3n) is 5.01. The van der Waals surface area contributed by atoms with Gasteiger partial charge in [0, 0.05) is 19.6 Å². The molecule has 0 bridgehead atoms. The zero-order valence-corrected chi connectivity index (χ0v) is 16.2. The van der Waals surface area contributed by atoms with Crippen LogP contribution in [0.25, 0.3) is 0 Å². The van der Waals surface area contributed by atoms with Crippen LogP contribution >= 0.6 is 0 Å². The van der Waals surface area contributed by atoms with E-state index in [2.05, 4.69) is 15.5 Å². The van der Waals surface area contributed by atoms with Gasteiger partial charge in [-0.2, -0.15) is 22.7 Å². The summed E-state index contributed by atoms with van der Waals surface area (Å²) in [6, 6.07) is 1.17. The highest BCUT2D eigenvalue weighted by Gasteiger charge is 2.63. The first-order valence-corrected chi connectivity index (χ1v) is 8.79. The molecule has 1 aromatic carbocycles. The number of carbonyl (C=O) groups is 1. The zero-order valence-electron chi connectivity index (χ0n) is 16.2. The minimum Gasteiger partial charge on any atom is -0.491 e. The molecule has 1 amide bonds. The van der Waals surface area contributed by atoms with Gasteiger partial charge in [0.2, 0.25) is 11.7 Å². The minimum absolute atomic E-state index is 0.0622. The molecule has 1 saturated heterocycles. The van der Waals surface area contributed by atoms with Crippen molar-refractivity contribution in [3.63, 3.8) is 0 Å². The molecule has 2 N–H and O–H groups in total. The second kappa shape index (κ2) is 8.13. The quantitative estimate of drug-likeness (QED) is 0.682. The van der Waals surface area contributed by atoms with Crippen molar-refractivity contribution in [2.75, 3.05) is 31.0 Å². The number of amides is 1. The lowest BCUT2D eigenvalue weighted by Crippen LogP contribution is -2.49. The van der Waals surface area contributed by atoms with E-state index >= 15 is 0 Å². The number of ether oxygens (including phenoxy) is 2. The number of aromatic nitrogens is 2. The van der Waals surface area contributed by atoms with Gasteiger partial charge in [-0.25, -0.2) is 9.49 Å². The van der Waals surface area contributed by atoms with Gasteiger partial charge in [-0.05, 0) is 12.1 Å². The Morgan fingerprint density at radius 1 is 1.32 bits per heavy atom. The molecular weight excluding hydrogens is 431 g/mol. The Hall–Kier alpha value is -3.22. The van der Waals surface area contributed by atoms with Crippen LogP contribution in [0.15, 0.2) is 29.2 Å². The number of benzene rings is 1. The summed E-state index contributed by atoms with van der Waals surface area (Å²) in [6.07, 6.45) is -4.64. The highest BCUT2D eigenvalue weighted by molar-refractivity contribution is 5.97. The fourth-order valence-electron chi connectivity index (χ4n) is 3.44. The molecule has 1 aliphatic rings. The summed E-state index contributed by atoms with van der Waals surface area (Å²) in [4.78, 5) is 25.2. The first-order valence-electron chi connectivity index (χ1n) is 8.79. The van der Waals surface area contributed by atoms with Gasteiger partial charge >= 0.3 is 6.18 Å². The highest BCUT2D eigenvalue weighted by Crippen LogP contribution is 2.47. The van der Waals surface area contributed by atoms with Crippen molar-refractivity contribution in [2.45, 2.75) is 24.2 Å². The molecule has 1 aromatic heterocycles. The highest BCUT2D eigenvalue weighted by atomic mass is 19.4. The average molecular weight is 448 g/mol. The summed E-state index contributed by atoms with van der Waals surface area (Å²) in [6.45, 7) is -0.889. The third-order valence-corrected chi connectivity index (χ3v) is 5.01. The molecule has 168 valence electrons. The summed E-state index contributed by atoms with van der Waals surface area (Å²) in [7, 11) is 1.86. The molecule has 1 fully saturated rings. The van der Waals surface area contributed by atoms with E-state index in [0.717, 1.165) is 37.4 Å². The third kappa shape index (κ3) is 4.04. The van der Waals surface area contributed by atoms with Crippen LogP contribution in [-0.4, -0.2) is 54.7 Å². The van der Waals surface area contributed by atoms with E-state index < -0.39 is 59.6 Å². The van der Waals surface area contributed by atoms with Crippen LogP contribution in [0, 0.1) is 11.6 Å². The maximum absolute atomic E-state index is 14.2. The summed E-state index contributed by atoms with van der Waals surface area (Å²) in [5.74, 6) is -4.30. The molecule has 0 spiro atoms. The number of anilines is 2. The zero-order chi connectivity index (χ0) is 23.0. The van der Waals surface area contributed by atoms with Crippen molar-refractivity contribution in [3.8, 4) is 5.75 Å². The Bertz CT molecular complexity index is 1040. The molecule has 31 heavy (non-hydrogen) atoms. The number of hydrogen-bond donors (Lipinski definition) is 2. The summed E-state index contributed by atoms with van der Waals surface area (Å²) >= 11 is 0. The van der Waals surface area contributed by atoms with Crippen LogP contribution in [0.5, 0.6) is 5.75 Å². The van der Waals surface area contributed by atoms with Crippen molar-refractivity contribution >= 4 is 17.3 Å². The molecular formula is C18H17F5N4O4. The van der Waals surface area contributed by atoms with Gasteiger partial charge in [-0.1, -0.05) is 0 Å². The Labute approximate surface area is 171 Å². The maximum Gasteiger partial charge on any atom is 0.419 e. The number of rotatable bonds is 5. The molecule has 1 unspecified atom stereocenters. The van der Waals surface area contributed by atoms with Crippen LogP contribution in [-0.2, 0) is 9.53 Å². The number of H-pyrrole nitrogens is 1. The number of halogens is 5. The van der Waals surface area contributed by atoms with Crippen molar-refractivity contribution < 1.29 is 36.2 Å². The van der Waals surface area contributed by atoms with E-state index in [-0.39, 0.29) is 11.4 Å². The smallest absolute Gasteiger partial charge is 0.419 e. The lowest BCUT2D eigenvalue weighted by atomic mass is 9.99. The van der Waals surface area contributed by atoms with Gasteiger partial charge < -0.3 is 19.7 Å². The fourth-order valence-corrected chi connectivity index (χ4v) is 3.44. The van der Waals surface area contributed by atoms with Crippen molar-refractivity contribution in [2.24, 2.45) is 0 Å². The lowest BCUT2D eigenvalue weighted by molar-refractivity contribution is -0.261. The summed E-state index contributed by atoms with van der Waals surface area (Å²) in [5, 5.41) is 7.89. The number of alkyl halides is 3. The Morgan fingerprint density at radius 3 is 2.61 bits per heavy atom. The van der Waals surface area contributed by atoms with Crippen LogP contribution in [0.3, 0.4) is 0 Å². The molecule has 13 heteroatoms. The molecule has 0 saturated carbocycles. The molecule has 0 radical (unpaired) electrons. The van der Waals surface area contributed by atoms with Crippen LogP contribution < -0.4 is 20.5 Å². The Kier molecular flexibility index (Phi) is 5.89. The van der Waals surface area contributed by atoms with Gasteiger partial charge in [0.25, 0.3) is 5.56 Å². The van der Waals surface area contributed by atoms with Gasteiger partial charge in [-0.3, -0.25) is 9.59 Å². The molecule has 1 aliphatic heterocycles. The van der Waals surface area contributed by atoms with Crippen LogP contribution in [0.1, 0.15) is 6.42 Å². The number of carbonyl (C=O) groups excluding carboxylic acids is 1. The fraction of sp³-hybridized carbons (Fsp3) is 0.389. The van der Waals surface area contributed by atoms with E-state index in [0.29, 0.717) is 6.07 Å². The van der Waals surface area contributed by atoms with Gasteiger partial charge in [0.15, 0.2) is 17.2 Å². The van der Waals surface area contributed by atoms with Crippen LogP contribution in [0.4, 0.5) is 33.3 Å². The lowest BCUT2D eigenvalue weighted by Gasteiger charge is -2.31. The van der Waals surface area contributed by atoms with E-state index in [9.17, 15) is 31.5 Å². The second-order valence-electron chi connectivity index (χ2n) is 6.78. The van der Waals surface area contributed by atoms with E-state index in [1.54, 1.807) is 0 Å². The van der Waals surface area contributed by atoms with Gasteiger partial charge in [-0.15, -0.1) is 0 Å².